The van der Waals surface area contributed by atoms with Gasteiger partial charge in [-0.25, -0.2) is 4.98 Å². The fourth-order valence-corrected chi connectivity index (χ4v) is 1.84. The molecule has 0 atom stereocenters. The van der Waals surface area contributed by atoms with Crippen LogP contribution < -0.4 is 5.12 Å². The first-order valence-electron chi connectivity index (χ1n) is 5.56. The van der Waals surface area contributed by atoms with Gasteiger partial charge >= 0.3 is 0 Å². The van der Waals surface area contributed by atoms with Crippen molar-refractivity contribution in [3.05, 3.63) is 49.1 Å². The van der Waals surface area contributed by atoms with Crippen LogP contribution in [0.25, 0.3) is 10.8 Å². The molecule has 0 saturated carbocycles. The Morgan fingerprint density at radius 3 is 2.53 bits per heavy atom. The second kappa shape index (κ2) is 4.49. The third-order valence-electron chi connectivity index (χ3n) is 2.75. The molecular weight excluding hydrogens is 247 g/mol. The second-order valence-electron chi connectivity index (χ2n) is 3.87. The third kappa shape index (κ3) is 1.93. The zero-order chi connectivity index (χ0) is 13.2. The van der Waals surface area contributed by atoms with E-state index in [2.05, 4.69) is 15.0 Å². The molecule has 1 N–H and O–H groups in total. The highest BCUT2D eigenvalue weighted by molar-refractivity contribution is 5.93. The van der Waals surface area contributed by atoms with Crippen molar-refractivity contribution in [3.8, 4) is 5.75 Å². The van der Waals surface area contributed by atoms with Gasteiger partial charge in [0.25, 0.3) is 5.95 Å². The van der Waals surface area contributed by atoms with Crippen molar-refractivity contribution in [3.63, 3.8) is 0 Å². The van der Waals surface area contributed by atoms with E-state index >= 15 is 0 Å². The van der Waals surface area contributed by atoms with E-state index in [1.807, 2.05) is 12.1 Å². The number of hydrogen-bond donors (Lipinski definition) is 1. The van der Waals surface area contributed by atoms with E-state index in [4.69, 9.17) is 0 Å². The maximum atomic E-state index is 14.2. The molecule has 0 aliphatic carbocycles. The van der Waals surface area contributed by atoms with E-state index in [1.54, 1.807) is 18.2 Å². The van der Waals surface area contributed by atoms with Gasteiger partial charge in [0, 0.05) is 5.39 Å². The average molecular weight is 256 g/mol. The summed E-state index contributed by atoms with van der Waals surface area (Å²) in [5.41, 5.74) is -0.00935. The van der Waals surface area contributed by atoms with Crippen molar-refractivity contribution >= 4 is 22.4 Å². The number of rotatable bonds is 2. The van der Waals surface area contributed by atoms with Gasteiger partial charge in [-0.15, -0.1) is 5.12 Å². The smallest absolute Gasteiger partial charge is 0.262 e. The van der Waals surface area contributed by atoms with Crippen LogP contribution in [0.15, 0.2) is 49.1 Å². The van der Waals surface area contributed by atoms with Crippen LogP contribution in [-0.2, 0) is 0 Å². The number of hydrogen-bond acceptors (Lipinski definition) is 5. The Kier molecular flexibility index (Phi) is 2.68. The van der Waals surface area contributed by atoms with Crippen LogP contribution in [0.1, 0.15) is 0 Å². The number of halogens is 1. The molecule has 0 saturated heterocycles. The van der Waals surface area contributed by atoms with Crippen LogP contribution in [-0.4, -0.2) is 20.1 Å². The highest BCUT2D eigenvalue weighted by atomic mass is 19.2. The Morgan fingerprint density at radius 1 is 1.00 bits per heavy atom. The molecule has 1 aromatic heterocycles. The number of phenolic OH excluding ortho intramolecular Hbond substituents is 1. The summed E-state index contributed by atoms with van der Waals surface area (Å²) in [6, 6.07) is 10.4. The van der Waals surface area contributed by atoms with Crippen molar-refractivity contribution in [2.75, 3.05) is 5.12 Å². The Balaban J connectivity index is 2.13. The topological polar surface area (TPSA) is 62.1 Å². The Hall–Kier alpha value is -2.76. The minimum atomic E-state index is -0.180. The maximum absolute atomic E-state index is 14.2. The van der Waals surface area contributed by atoms with Crippen molar-refractivity contribution in [2.45, 2.75) is 0 Å². The van der Waals surface area contributed by atoms with Crippen LogP contribution in [0.5, 0.6) is 5.75 Å². The molecule has 0 spiro atoms. The van der Waals surface area contributed by atoms with Crippen LogP contribution >= 0.6 is 0 Å². The molecule has 0 amide bonds. The van der Waals surface area contributed by atoms with Crippen LogP contribution in [0.4, 0.5) is 16.1 Å². The lowest BCUT2D eigenvalue weighted by Gasteiger charge is -2.13. The predicted molar refractivity (Wildman–Crippen MR) is 68.7 cm³/mol. The normalized spacial score (nSPS) is 10.6. The summed E-state index contributed by atoms with van der Waals surface area (Å²) < 4.78 is 14.2. The highest BCUT2D eigenvalue weighted by Gasteiger charge is 2.16. The standard InChI is InChI=1S/C13H9FN4O/c14-18(13-16-7-15-8-17-13)11-6-5-9-3-1-2-4-10(9)12(11)19/h1-8,19H. The Labute approximate surface area is 107 Å². The van der Waals surface area contributed by atoms with Crippen LogP contribution in [0.3, 0.4) is 0 Å². The minimum absolute atomic E-state index is 0.00935. The van der Waals surface area contributed by atoms with Crippen molar-refractivity contribution in [1.29, 1.82) is 0 Å². The van der Waals surface area contributed by atoms with Gasteiger partial charge in [-0.1, -0.05) is 34.8 Å². The molecule has 5 nitrogen and oxygen atoms in total. The molecule has 0 bridgehead atoms. The van der Waals surface area contributed by atoms with Gasteiger partial charge in [0.05, 0.1) is 0 Å². The monoisotopic (exact) mass is 256 g/mol. The summed E-state index contributed by atoms with van der Waals surface area (Å²) in [6.45, 7) is 0. The number of anilines is 2. The number of fused-ring (bicyclic) bond motifs is 1. The van der Waals surface area contributed by atoms with Gasteiger partial charge in [0.15, 0.2) is 0 Å². The van der Waals surface area contributed by atoms with Crippen molar-refractivity contribution < 1.29 is 9.59 Å². The molecule has 6 heteroatoms. The predicted octanol–water partition coefficient (Wildman–Crippen LogP) is 2.75. The fourth-order valence-electron chi connectivity index (χ4n) is 1.84. The summed E-state index contributed by atoms with van der Waals surface area (Å²) in [5, 5.41) is 11.7. The summed E-state index contributed by atoms with van der Waals surface area (Å²) in [7, 11) is 0. The summed E-state index contributed by atoms with van der Waals surface area (Å²) in [4.78, 5) is 11.0. The van der Waals surface area contributed by atoms with Gasteiger partial charge in [-0.2, -0.15) is 9.97 Å². The first kappa shape index (κ1) is 11.3. The number of benzene rings is 2. The molecule has 0 aliphatic rings. The lowest BCUT2D eigenvalue weighted by Crippen LogP contribution is -2.08. The van der Waals surface area contributed by atoms with E-state index in [0.29, 0.717) is 5.39 Å². The molecule has 1 heterocycles. The molecule has 94 valence electrons. The first-order chi connectivity index (χ1) is 9.27. The molecule has 3 aromatic rings. The molecule has 2 aromatic carbocycles. The zero-order valence-corrected chi connectivity index (χ0v) is 9.73. The van der Waals surface area contributed by atoms with E-state index < -0.39 is 0 Å². The number of nitrogens with zero attached hydrogens (tertiary/aromatic N) is 4. The Bertz CT molecular complexity index is 720. The van der Waals surface area contributed by atoms with Crippen LogP contribution in [0, 0.1) is 0 Å². The summed E-state index contributed by atoms with van der Waals surface area (Å²) in [5.74, 6) is -0.332. The lowest BCUT2D eigenvalue weighted by molar-refractivity contribution is 0.451. The van der Waals surface area contributed by atoms with Gasteiger partial charge in [0.2, 0.25) is 0 Å². The van der Waals surface area contributed by atoms with Crippen LogP contribution in [0.2, 0.25) is 0 Å². The van der Waals surface area contributed by atoms with E-state index in [-0.39, 0.29) is 22.5 Å². The number of phenols is 1. The molecule has 0 unspecified atom stereocenters. The van der Waals surface area contributed by atoms with E-state index in [9.17, 15) is 9.59 Å². The largest absolute Gasteiger partial charge is 0.505 e. The van der Waals surface area contributed by atoms with Gasteiger partial charge in [-0.05, 0) is 11.5 Å². The molecule has 0 aliphatic heterocycles. The number of aromatic nitrogens is 3. The van der Waals surface area contributed by atoms with Gasteiger partial charge in [0.1, 0.15) is 24.1 Å². The Morgan fingerprint density at radius 2 is 1.74 bits per heavy atom. The maximum Gasteiger partial charge on any atom is 0.262 e. The van der Waals surface area contributed by atoms with Gasteiger partial charge < -0.3 is 5.11 Å². The van der Waals surface area contributed by atoms with E-state index in [0.717, 1.165) is 5.39 Å². The average Bonchev–Trinajstić information content (AvgIpc) is 2.48. The second-order valence-corrected chi connectivity index (χ2v) is 3.87. The SMILES string of the molecule is Oc1c(N(F)c2ncncn2)ccc2ccccc12. The molecule has 3 rings (SSSR count). The number of aromatic hydroxyl groups is 1. The minimum Gasteiger partial charge on any atom is -0.505 e. The lowest BCUT2D eigenvalue weighted by atomic mass is 10.1. The third-order valence-corrected chi connectivity index (χ3v) is 2.75. The molecular formula is C13H9FN4O. The molecule has 0 fully saturated rings. The highest BCUT2D eigenvalue weighted by Crippen LogP contribution is 2.37. The van der Waals surface area contributed by atoms with Gasteiger partial charge in [-0.3, -0.25) is 0 Å². The summed E-state index contributed by atoms with van der Waals surface area (Å²) >= 11 is 0. The van der Waals surface area contributed by atoms with Crippen molar-refractivity contribution in [2.24, 2.45) is 0 Å². The summed E-state index contributed by atoms with van der Waals surface area (Å²) in [6.07, 6.45) is 2.38. The quantitative estimate of drug-likeness (QED) is 0.714. The van der Waals surface area contributed by atoms with E-state index in [1.165, 1.54) is 18.7 Å². The fraction of sp³-hybridized carbons (Fsp3) is 0. The zero-order valence-electron chi connectivity index (χ0n) is 9.73. The molecule has 0 radical (unpaired) electrons. The molecule has 19 heavy (non-hydrogen) atoms. The first-order valence-corrected chi connectivity index (χ1v) is 5.56. The van der Waals surface area contributed by atoms with Crippen molar-refractivity contribution in [1.82, 2.24) is 15.0 Å².